The molecule has 0 nitrogen and oxygen atoms in total. The zero-order valence-electron chi connectivity index (χ0n) is 18.4. The van der Waals surface area contributed by atoms with Crippen LogP contribution in [-0.2, 0) is 24.2 Å². The minimum Gasteiger partial charge on any atom is -1.00 e. The van der Waals surface area contributed by atoms with Crippen LogP contribution >= 0.6 is 0 Å². The van der Waals surface area contributed by atoms with E-state index in [2.05, 4.69) is 87.5 Å². The number of hydrogen-bond acceptors (Lipinski definition) is 0. The summed E-state index contributed by atoms with van der Waals surface area (Å²) in [5.74, 6) is 0.381. The second kappa shape index (κ2) is 13.7. The third kappa shape index (κ3) is 7.70. The fourth-order valence-electron chi connectivity index (χ4n) is 3.46. The summed E-state index contributed by atoms with van der Waals surface area (Å²) in [7, 11) is 0. The number of rotatable bonds is 1. The van der Waals surface area contributed by atoms with Crippen molar-refractivity contribution in [3.8, 4) is 0 Å². The van der Waals surface area contributed by atoms with Gasteiger partial charge in [-0.3, -0.25) is 6.08 Å². The third-order valence-electron chi connectivity index (χ3n) is 5.10. The van der Waals surface area contributed by atoms with Crippen LogP contribution < -0.4 is 24.8 Å². The molecule has 0 fully saturated rings. The van der Waals surface area contributed by atoms with Gasteiger partial charge in [-0.25, -0.2) is 11.1 Å². The van der Waals surface area contributed by atoms with E-state index in [9.17, 15) is 4.39 Å². The molecule has 0 saturated heterocycles. The van der Waals surface area contributed by atoms with Gasteiger partial charge in [-0.2, -0.15) is 6.08 Å². The van der Waals surface area contributed by atoms with Crippen molar-refractivity contribution in [3.05, 3.63) is 114 Å². The molecule has 0 amide bonds. The number of fused-ring (bicyclic) bond motifs is 3. The van der Waals surface area contributed by atoms with Crippen LogP contribution in [0.4, 0.5) is 4.39 Å². The summed E-state index contributed by atoms with van der Waals surface area (Å²) in [5.41, 5.74) is 3.80. The number of allylic oxidation sites excluding steroid dienone is 4. The molecular weight excluding hydrogens is 517 g/mol. The van der Waals surface area contributed by atoms with Gasteiger partial charge in [-0.15, -0.1) is 46.7 Å². The first kappa shape index (κ1) is 28.3. The summed E-state index contributed by atoms with van der Waals surface area (Å²) >= 11 is 1.34. The predicted octanol–water partition coefficient (Wildman–Crippen LogP) is 1.57. The second-order valence-electron chi connectivity index (χ2n) is 7.42. The first-order valence-corrected chi connectivity index (χ1v) is 11.5. The first-order valence-electron chi connectivity index (χ1n) is 10.1. The van der Waals surface area contributed by atoms with E-state index in [4.69, 9.17) is 0 Å². The van der Waals surface area contributed by atoms with Crippen LogP contribution in [0.25, 0.3) is 21.5 Å². The molecule has 0 aliphatic heterocycles. The smallest absolute Gasteiger partial charge is 0.0771 e. The molecule has 1 unspecified atom stereocenters. The molecule has 0 saturated carbocycles. The van der Waals surface area contributed by atoms with Crippen molar-refractivity contribution < 1.29 is 53.4 Å². The largest absolute Gasteiger partial charge is 1.00 e. The van der Waals surface area contributed by atoms with E-state index in [1.807, 2.05) is 3.71 Å². The van der Waals surface area contributed by atoms with E-state index in [0.717, 1.165) is 5.56 Å². The summed E-state index contributed by atoms with van der Waals surface area (Å²) in [6.07, 6.45) is 5.52. The quantitative estimate of drug-likeness (QED) is 0.321. The molecule has 0 N–H and O–H groups in total. The van der Waals surface area contributed by atoms with Crippen molar-refractivity contribution in [2.24, 2.45) is 5.92 Å². The van der Waals surface area contributed by atoms with Crippen LogP contribution in [0.3, 0.4) is 0 Å². The minimum atomic E-state index is -0.170. The molecule has 5 rings (SSSR count). The van der Waals surface area contributed by atoms with E-state index >= 15 is 0 Å². The molecular formula is C28H25Cl2FZr-2. The number of hydrogen-bond donors (Lipinski definition) is 0. The van der Waals surface area contributed by atoms with Crippen LogP contribution in [0.15, 0.2) is 96.1 Å². The number of halogens is 3. The zero-order chi connectivity index (χ0) is 21.5. The van der Waals surface area contributed by atoms with E-state index in [1.165, 1.54) is 69.1 Å². The van der Waals surface area contributed by atoms with Crippen LogP contribution in [0.5, 0.6) is 0 Å². The minimum absolute atomic E-state index is 0. The molecule has 164 valence electrons. The summed E-state index contributed by atoms with van der Waals surface area (Å²) in [6, 6.07) is 25.7. The normalized spacial score (nSPS) is 14.0. The van der Waals surface area contributed by atoms with Crippen molar-refractivity contribution >= 4 is 25.3 Å². The van der Waals surface area contributed by atoms with Crippen LogP contribution in [0, 0.1) is 17.8 Å². The Morgan fingerprint density at radius 2 is 1.34 bits per heavy atom. The molecule has 1 atom stereocenters. The Morgan fingerprint density at radius 1 is 0.844 bits per heavy atom. The van der Waals surface area contributed by atoms with Gasteiger partial charge in [0.25, 0.3) is 0 Å². The monoisotopic (exact) mass is 540 g/mol. The third-order valence-corrected chi connectivity index (χ3v) is 5.91. The summed E-state index contributed by atoms with van der Waals surface area (Å²) in [4.78, 5) is 0. The van der Waals surface area contributed by atoms with Gasteiger partial charge in [-0.1, -0.05) is 56.2 Å². The fourth-order valence-corrected chi connectivity index (χ4v) is 3.93. The Morgan fingerprint density at radius 3 is 1.72 bits per heavy atom. The maximum absolute atomic E-state index is 12.2. The van der Waals surface area contributed by atoms with Gasteiger partial charge in [0.2, 0.25) is 0 Å². The SMILES string of the molecule is CC1=[C-]C(C)C=C1C.Fc1ccc([CH]=[Zr+2])cc1.[Cl-].[Cl-].c1ccc2c(c1)[cH-]c1ccccc12. The molecule has 1 aliphatic rings. The first-order chi connectivity index (χ1) is 14.5. The van der Waals surface area contributed by atoms with Crippen LogP contribution in [-0.4, -0.2) is 3.71 Å². The van der Waals surface area contributed by atoms with Gasteiger partial charge in [0.05, 0.1) is 0 Å². The van der Waals surface area contributed by atoms with Gasteiger partial charge < -0.3 is 24.8 Å². The van der Waals surface area contributed by atoms with Gasteiger partial charge in [0.15, 0.2) is 0 Å². The van der Waals surface area contributed by atoms with Crippen LogP contribution in [0.2, 0.25) is 0 Å². The van der Waals surface area contributed by atoms with Crippen molar-refractivity contribution in [2.45, 2.75) is 20.8 Å². The van der Waals surface area contributed by atoms with Crippen molar-refractivity contribution in [1.82, 2.24) is 0 Å². The van der Waals surface area contributed by atoms with E-state index in [-0.39, 0.29) is 30.6 Å². The van der Waals surface area contributed by atoms with E-state index in [0.29, 0.717) is 5.92 Å². The Kier molecular flexibility index (Phi) is 12.2. The van der Waals surface area contributed by atoms with Crippen molar-refractivity contribution in [2.75, 3.05) is 0 Å². The van der Waals surface area contributed by atoms with E-state index in [1.54, 1.807) is 12.1 Å². The molecule has 4 aromatic carbocycles. The number of benzene rings is 3. The average molecular weight is 543 g/mol. The standard InChI is InChI=1S/C13H9.C8H11.C7H5F.2ClH.Zr/c1-3-7-12-10(5-1)9-11-6-2-4-8-13(11)12;1-6-4-7(2)8(3)5-6;1-6-2-4-7(8)5-3-6;;;/h1-9H;4,6H,1-3H3;1-5H;2*1H;/q2*-1;;;;+2/p-2. The summed E-state index contributed by atoms with van der Waals surface area (Å²) in [5, 5.41) is 5.39. The molecule has 32 heavy (non-hydrogen) atoms. The topological polar surface area (TPSA) is 0 Å². The Hall–Kier alpha value is -1.73. The Balaban J connectivity index is 0.000000242. The molecule has 4 heteroatoms. The molecule has 0 heterocycles. The maximum atomic E-state index is 12.2. The van der Waals surface area contributed by atoms with Crippen LogP contribution in [0.1, 0.15) is 26.3 Å². The second-order valence-corrected chi connectivity index (χ2v) is 8.13. The predicted molar refractivity (Wildman–Crippen MR) is 124 cm³/mol. The van der Waals surface area contributed by atoms with E-state index < -0.39 is 0 Å². The maximum Gasteiger partial charge on any atom is -0.0771 e. The van der Waals surface area contributed by atoms with Crippen molar-refractivity contribution in [3.63, 3.8) is 0 Å². The zero-order valence-corrected chi connectivity index (χ0v) is 22.3. The fraction of sp³-hybridized carbons (Fsp3) is 0.143. The Labute approximate surface area is 217 Å². The average Bonchev–Trinajstić information content (AvgIpc) is 3.28. The molecule has 4 aromatic rings. The molecule has 0 spiro atoms. The molecule has 0 aromatic heterocycles. The Bertz CT molecular complexity index is 1130. The molecule has 0 radical (unpaired) electrons. The van der Waals surface area contributed by atoms with Gasteiger partial charge >= 0.3 is 68.0 Å². The van der Waals surface area contributed by atoms with Gasteiger partial charge in [-0.05, 0) is 0 Å². The van der Waals surface area contributed by atoms with Gasteiger partial charge in [0.1, 0.15) is 0 Å². The van der Waals surface area contributed by atoms with Crippen molar-refractivity contribution in [1.29, 1.82) is 0 Å². The molecule has 0 bridgehead atoms. The summed E-state index contributed by atoms with van der Waals surface area (Å²) < 4.78 is 14.2. The molecule has 1 aliphatic carbocycles. The summed E-state index contributed by atoms with van der Waals surface area (Å²) in [6.45, 7) is 6.39. The van der Waals surface area contributed by atoms with Gasteiger partial charge in [0, 0.05) is 0 Å².